The molecule has 0 aliphatic carbocycles. The molecule has 7 heteroatoms. The van der Waals surface area contributed by atoms with Crippen LogP contribution in [0, 0.1) is 13.8 Å². The number of benzene rings is 1. The van der Waals surface area contributed by atoms with Gasteiger partial charge < -0.3 is 17.7 Å². The van der Waals surface area contributed by atoms with E-state index in [1.54, 1.807) is 30.3 Å². The van der Waals surface area contributed by atoms with Gasteiger partial charge in [-0.2, -0.15) is 4.99 Å². The van der Waals surface area contributed by atoms with Crippen LogP contribution in [-0.2, 0) is 0 Å². The number of aryl methyl sites for hydroxylation is 2. The summed E-state index contributed by atoms with van der Waals surface area (Å²) in [6.07, 6.45) is 0. The predicted octanol–water partition coefficient (Wildman–Crippen LogP) is 6.55. The Bertz CT molecular complexity index is 1090. The maximum atomic E-state index is 6.17. The molecule has 26 heavy (non-hydrogen) atoms. The average molecular weight is 390 g/mol. The lowest BCUT2D eigenvalue weighted by molar-refractivity contribution is 0.369. The Labute approximate surface area is 158 Å². The van der Waals surface area contributed by atoms with Gasteiger partial charge in [-0.15, -0.1) is 0 Å². The molecule has 0 aliphatic rings. The van der Waals surface area contributed by atoms with Crippen LogP contribution in [0.4, 0.5) is 5.69 Å². The zero-order chi connectivity index (χ0) is 18.3. The Morgan fingerprint density at radius 3 is 1.77 bits per heavy atom. The SMILES string of the molecule is Cc1ccc(-c2oc(=Nc3ccc(Cl)cc3Cl)oc2-c2ccc(C)o2)o1. The second-order valence-corrected chi connectivity index (χ2v) is 6.50. The van der Waals surface area contributed by atoms with Gasteiger partial charge in [-0.05, 0) is 56.3 Å². The van der Waals surface area contributed by atoms with Crippen LogP contribution in [0.3, 0.4) is 0 Å². The van der Waals surface area contributed by atoms with E-state index in [-0.39, 0.29) is 5.75 Å². The predicted molar refractivity (Wildman–Crippen MR) is 97.5 cm³/mol. The Morgan fingerprint density at radius 1 is 0.731 bits per heavy atom. The molecule has 0 bridgehead atoms. The van der Waals surface area contributed by atoms with Crippen molar-refractivity contribution in [2.24, 2.45) is 4.99 Å². The maximum absolute atomic E-state index is 6.17. The standard InChI is InChI=1S/C19H13Cl2NO4/c1-10-3-7-15(23-10)17-18(16-8-4-11(2)24-16)26-19(25-17)22-14-6-5-12(20)9-13(14)21/h3-9H,1-2H3. The lowest BCUT2D eigenvalue weighted by Gasteiger charge is -1.95. The zero-order valence-electron chi connectivity index (χ0n) is 13.9. The van der Waals surface area contributed by atoms with Crippen molar-refractivity contribution in [3.8, 4) is 23.0 Å². The smallest absolute Gasteiger partial charge is 0.400 e. The fourth-order valence-corrected chi connectivity index (χ4v) is 2.89. The van der Waals surface area contributed by atoms with Gasteiger partial charge in [-0.3, -0.25) is 0 Å². The summed E-state index contributed by atoms with van der Waals surface area (Å²) in [6, 6.07) is 12.2. The highest BCUT2D eigenvalue weighted by atomic mass is 35.5. The number of hydrogen-bond acceptors (Lipinski definition) is 5. The molecule has 3 heterocycles. The summed E-state index contributed by atoms with van der Waals surface area (Å²) in [5, 5.41) is 0.902. The van der Waals surface area contributed by atoms with Crippen LogP contribution < -0.4 is 5.75 Å². The Morgan fingerprint density at radius 2 is 1.31 bits per heavy atom. The van der Waals surface area contributed by atoms with Gasteiger partial charge in [0, 0.05) is 5.02 Å². The first-order valence-electron chi connectivity index (χ1n) is 7.77. The number of nitrogens with zero attached hydrogens (tertiary/aromatic N) is 1. The van der Waals surface area contributed by atoms with Crippen LogP contribution in [0.5, 0.6) is 0 Å². The molecule has 0 saturated carbocycles. The second kappa shape index (κ2) is 6.59. The summed E-state index contributed by atoms with van der Waals surface area (Å²) < 4.78 is 22.9. The van der Waals surface area contributed by atoms with E-state index in [0.29, 0.717) is 38.8 Å². The third kappa shape index (κ3) is 3.23. The van der Waals surface area contributed by atoms with Crippen molar-refractivity contribution >= 4 is 28.9 Å². The first kappa shape index (κ1) is 16.8. The molecule has 1 aromatic carbocycles. The minimum Gasteiger partial charge on any atom is -0.458 e. The van der Waals surface area contributed by atoms with Crippen molar-refractivity contribution in [3.05, 3.63) is 69.8 Å². The third-order valence-electron chi connectivity index (χ3n) is 3.63. The summed E-state index contributed by atoms with van der Waals surface area (Å²) in [7, 11) is 0. The van der Waals surface area contributed by atoms with E-state index >= 15 is 0 Å². The summed E-state index contributed by atoms with van der Waals surface area (Å²) in [5.41, 5.74) is 0.470. The minimum atomic E-state index is 0.0160. The Hall–Kier alpha value is -2.63. The van der Waals surface area contributed by atoms with Crippen molar-refractivity contribution in [1.82, 2.24) is 0 Å². The quantitative estimate of drug-likeness (QED) is 0.398. The minimum absolute atomic E-state index is 0.0160. The van der Waals surface area contributed by atoms with E-state index < -0.39 is 0 Å². The molecule has 5 nitrogen and oxygen atoms in total. The molecule has 0 aliphatic heterocycles. The molecule has 132 valence electrons. The molecule has 4 aromatic rings. The lowest BCUT2D eigenvalue weighted by Crippen LogP contribution is -1.92. The van der Waals surface area contributed by atoms with Crippen LogP contribution in [-0.4, -0.2) is 0 Å². The number of furan rings is 2. The van der Waals surface area contributed by atoms with Crippen molar-refractivity contribution < 1.29 is 17.7 Å². The van der Waals surface area contributed by atoms with Gasteiger partial charge in [0.2, 0.25) is 11.5 Å². The highest BCUT2D eigenvalue weighted by Gasteiger charge is 2.21. The number of rotatable bonds is 3. The van der Waals surface area contributed by atoms with Gasteiger partial charge in [0.15, 0.2) is 11.5 Å². The fourth-order valence-electron chi connectivity index (χ4n) is 2.44. The van der Waals surface area contributed by atoms with Crippen molar-refractivity contribution in [2.75, 3.05) is 0 Å². The van der Waals surface area contributed by atoms with Gasteiger partial charge in [-0.25, -0.2) is 0 Å². The molecule has 0 amide bonds. The highest BCUT2D eigenvalue weighted by Crippen LogP contribution is 2.34. The second-order valence-electron chi connectivity index (χ2n) is 5.66. The number of hydrogen-bond donors (Lipinski definition) is 0. The van der Waals surface area contributed by atoms with E-state index in [4.69, 9.17) is 40.9 Å². The summed E-state index contributed by atoms with van der Waals surface area (Å²) in [6.45, 7) is 3.69. The van der Waals surface area contributed by atoms with Gasteiger partial charge in [0.05, 0.1) is 10.7 Å². The molecular formula is C19H13Cl2NO4. The van der Waals surface area contributed by atoms with Crippen LogP contribution in [0.15, 0.2) is 65.1 Å². The summed E-state index contributed by atoms with van der Waals surface area (Å²) in [5.74, 6) is 3.31. The van der Waals surface area contributed by atoms with Gasteiger partial charge >= 0.3 is 5.75 Å². The van der Waals surface area contributed by atoms with E-state index in [2.05, 4.69) is 4.99 Å². The molecule has 0 unspecified atom stereocenters. The highest BCUT2D eigenvalue weighted by molar-refractivity contribution is 6.36. The van der Waals surface area contributed by atoms with Crippen LogP contribution in [0.1, 0.15) is 11.5 Å². The van der Waals surface area contributed by atoms with Crippen molar-refractivity contribution in [3.63, 3.8) is 0 Å². The number of halogens is 2. The first-order chi connectivity index (χ1) is 12.5. The van der Waals surface area contributed by atoms with Gasteiger partial charge in [0.25, 0.3) is 0 Å². The normalized spacial score (nSPS) is 11.1. The average Bonchev–Trinajstić information content (AvgIpc) is 3.30. The largest absolute Gasteiger partial charge is 0.458 e. The van der Waals surface area contributed by atoms with Crippen molar-refractivity contribution in [1.29, 1.82) is 0 Å². The summed E-state index contributed by atoms with van der Waals surface area (Å²) in [4.78, 5) is 4.32. The topological polar surface area (TPSA) is 64.9 Å². The molecular weight excluding hydrogens is 377 g/mol. The van der Waals surface area contributed by atoms with Crippen LogP contribution in [0.2, 0.25) is 10.0 Å². The molecule has 0 fully saturated rings. The molecule has 4 rings (SSSR count). The van der Waals surface area contributed by atoms with Crippen molar-refractivity contribution in [2.45, 2.75) is 13.8 Å². The first-order valence-corrected chi connectivity index (χ1v) is 8.52. The van der Waals surface area contributed by atoms with Crippen LogP contribution >= 0.6 is 23.2 Å². The molecule has 0 atom stereocenters. The third-order valence-corrected chi connectivity index (χ3v) is 4.17. The fraction of sp³-hybridized carbons (Fsp3) is 0.105. The van der Waals surface area contributed by atoms with E-state index in [0.717, 1.165) is 11.5 Å². The maximum Gasteiger partial charge on any atom is 0.400 e. The summed E-state index contributed by atoms with van der Waals surface area (Å²) >= 11 is 12.1. The molecule has 0 spiro atoms. The van der Waals surface area contributed by atoms with E-state index in [1.165, 1.54) is 0 Å². The monoisotopic (exact) mass is 389 g/mol. The van der Waals surface area contributed by atoms with Gasteiger partial charge in [0.1, 0.15) is 11.5 Å². The zero-order valence-corrected chi connectivity index (χ0v) is 15.4. The Balaban J connectivity index is 1.89. The molecule has 0 saturated heterocycles. The molecule has 3 aromatic heterocycles. The van der Waals surface area contributed by atoms with E-state index in [1.807, 2.05) is 26.0 Å². The van der Waals surface area contributed by atoms with Crippen LogP contribution in [0.25, 0.3) is 23.0 Å². The molecule has 0 N–H and O–H groups in total. The van der Waals surface area contributed by atoms with Gasteiger partial charge in [-0.1, -0.05) is 23.2 Å². The Kier molecular flexibility index (Phi) is 4.26. The lowest BCUT2D eigenvalue weighted by atomic mass is 10.2. The molecule has 0 radical (unpaired) electrons. The van der Waals surface area contributed by atoms with E-state index in [9.17, 15) is 0 Å².